The number of halogens is 3. The highest BCUT2D eigenvalue weighted by Crippen LogP contribution is 2.41. The second-order valence-corrected chi connectivity index (χ2v) is 10.2. The summed E-state index contributed by atoms with van der Waals surface area (Å²) in [6, 6.07) is 14.9. The molecule has 1 saturated carbocycles. The highest BCUT2D eigenvalue weighted by Gasteiger charge is 2.26. The maximum atomic E-state index is 15.2. The highest BCUT2D eigenvalue weighted by molar-refractivity contribution is 5.96. The Morgan fingerprint density at radius 1 is 0.976 bits per heavy atom. The molecule has 3 aromatic carbocycles. The molecule has 0 spiro atoms. The lowest BCUT2D eigenvalue weighted by molar-refractivity contribution is 0.282. The number of aliphatic hydroxyl groups is 1. The molecule has 7 rings (SSSR count). The highest BCUT2D eigenvalue weighted by atomic mass is 19.1. The standard InChI is InChI=1S/C31H22F3N5O2/c32-18-6-7-20(23(33)12-18)25-13-21-28(37-31(35)38-29(21)36-25)19-2-1-3-26(22(19)14-40)39-9-8-16-10-17(15-4-5-15)11-24(34)27(16)30(39)41/h1-3,6-13,15,40H,4-5,14H2,(H3,35,36,37,38). The number of anilines is 1. The summed E-state index contributed by atoms with van der Waals surface area (Å²) < 4.78 is 44.5. The van der Waals surface area contributed by atoms with Gasteiger partial charge in [0.1, 0.15) is 23.1 Å². The quantitative estimate of drug-likeness (QED) is 0.244. The SMILES string of the molecule is Nc1nc(-c2cccc(-n3ccc4cc(C5CC5)cc(F)c4c3=O)c2CO)c2cc(-c3ccc(F)cc3F)[nH]c2n1. The number of aromatic nitrogens is 4. The Morgan fingerprint density at radius 2 is 1.80 bits per heavy atom. The van der Waals surface area contributed by atoms with E-state index in [0.717, 1.165) is 30.5 Å². The Balaban J connectivity index is 1.41. The summed E-state index contributed by atoms with van der Waals surface area (Å²) in [4.78, 5) is 25.2. The first-order valence-electron chi connectivity index (χ1n) is 13.0. The van der Waals surface area contributed by atoms with Gasteiger partial charge < -0.3 is 15.8 Å². The van der Waals surface area contributed by atoms with Crippen molar-refractivity contribution >= 4 is 27.8 Å². The molecule has 0 amide bonds. The van der Waals surface area contributed by atoms with Crippen LogP contribution < -0.4 is 11.3 Å². The van der Waals surface area contributed by atoms with E-state index in [-0.39, 0.29) is 16.9 Å². The van der Waals surface area contributed by atoms with Crippen LogP contribution in [0.25, 0.3) is 50.0 Å². The number of fused-ring (bicyclic) bond motifs is 2. The summed E-state index contributed by atoms with van der Waals surface area (Å²) in [5.74, 6) is -1.79. The maximum Gasteiger partial charge on any atom is 0.265 e. The Morgan fingerprint density at radius 3 is 2.56 bits per heavy atom. The minimum atomic E-state index is -0.760. The summed E-state index contributed by atoms with van der Waals surface area (Å²) in [6.07, 6.45) is 3.59. The number of nitrogen functional groups attached to an aromatic ring is 1. The molecule has 204 valence electrons. The molecule has 6 aromatic rings. The van der Waals surface area contributed by atoms with Gasteiger partial charge in [0.05, 0.1) is 29.1 Å². The lowest BCUT2D eigenvalue weighted by atomic mass is 9.99. The molecule has 1 fully saturated rings. The molecule has 3 aromatic heterocycles. The third-order valence-corrected chi connectivity index (χ3v) is 7.58. The number of nitrogens with zero attached hydrogens (tertiary/aromatic N) is 3. The number of H-pyrrole nitrogens is 1. The van der Waals surface area contributed by atoms with E-state index < -0.39 is 29.6 Å². The number of aliphatic hydroxyl groups excluding tert-OH is 1. The smallest absolute Gasteiger partial charge is 0.265 e. The molecule has 41 heavy (non-hydrogen) atoms. The van der Waals surface area contributed by atoms with Crippen LogP contribution in [0.3, 0.4) is 0 Å². The molecule has 0 radical (unpaired) electrons. The molecular weight excluding hydrogens is 531 g/mol. The number of nitrogens with two attached hydrogens (primary N) is 1. The Kier molecular flexibility index (Phi) is 5.69. The van der Waals surface area contributed by atoms with Crippen molar-refractivity contribution in [1.29, 1.82) is 0 Å². The third-order valence-electron chi connectivity index (χ3n) is 7.58. The predicted molar refractivity (Wildman–Crippen MR) is 150 cm³/mol. The number of aromatic amines is 1. The van der Waals surface area contributed by atoms with Gasteiger partial charge >= 0.3 is 0 Å². The Hall–Kier alpha value is -4.96. The molecule has 0 aliphatic heterocycles. The van der Waals surface area contributed by atoms with Crippen molar-refractivity contribution in [3.05, 3.63) is 106 Å². The minimum Gasteiger partial charge on any atom is -0.392 e. The average Bonchev–Trinajstić information content (AvgIpc) is 3.71. The summed E-state index contributed by atoms with van der Waals surface area (Å²) >= 11 is 0. The van der Waals surface area contributed by atoms with Gasteiger partial charge in [-0.25, -0.2) is 18.2 Å². The van der Waals surface area contributed by atoms with Gasteiger partial charge in [0.2, 0.25) is 5.95 Å². The largest absolute Gasteiger partial charge is 0.392 e. The molecule has 4 N–H and O–H groups in total. The predicted octanol–water partition coefficient (Wildman–Crippen LogP) is 5.97. The second kappa shape index (κ2) is 9.31. The van der Waals surface area contributed by atoms with E-state index in [1.807, 2.05) is 6.07 Å². The zero-order valence-electron chi connectivity index (χ0n) is 21.5. The van der Waals surface area contributed by atoms with Crippen molar-refractivity contribution in [3.8, 4) is 28.2 Å². The molecule has 3 heterocycles. The minimum absolute atomic E-state index is 0.0311. The molecular formula is C31H22F3N5O2. The molecule has 10 heteroatoms. The monoisotopic (exact) mass is 553 g/mol. The van der Waals surface area contributed by atoms with Crippen LogP contribution in [0.15, 0.2) is 71.7 Å². The van der Waals surface area contributed by atoms with E-state index >= 15 is 4.39 Å². The van der Waals surface area contributed by atoms with Gasteiger partial charge in [0.15, 0.2) is 0 Å². The summed E-state index contributed by atoms with van der Waals surface area (Å²) in [5.41, 5.74) is 8.57. The van der Waals surface area contributed by atoms with Gasteiger partial charge in [-0.1, -0.05) is 18.2 Å². The van der Waals surface area contributed by atoms with Crippen molar-refractivity contribution < 1.29 is 18.3 Å². The topological polar surface area (TPSA) is 110 Å². The number of hydrogen-bond donors (Lipinski definition) is 3. The van der Waals surface area contributed by atoms with Gasteiger partial charge in [0, 0.05) is 34.3 Å². The number of benzene rings is 3. The van der Waals surface area contributed by atoms with Gasteiger partial charge in [0.25, 0.3) is 5.56 Å². The first-order valence-corrected chi connectivity index (χ1v) is 13.0. The van der Waals surface area contributed by atoms with E-state index in [1.165, 1.54) is 16.7 Å². The van der Waals surface area contributed by atoms with E-state index in [4.69, 9.17) is 5.73 Å². The fourth-order valence-corrected chi connectivity index (χ4v) is 5.47. The number of hydrogen-bond acceptors (Lipinski definition) is 5. The van der Waals surface area contributed by atoms with Crippen molar-refractivity contribution in [1.82, 2.24) is 19.5 Å². The number of rotatable bonds is 5. The van der Waals surface area contributed by atoms with E-state index in [0.29, 0.717) is 50.5 Å². The number of nitrogens with one attached hydrogen (secondary N) is 1. The second-order valence-electron chi connectivity index (χ2n) is 10.2. The lowest BCUT2D eigenvalue weighted by Gasteiger charge is -2.16. The zero-order valence-corrected chi connectivity index (χ0v) is 21.5. The summed E-state index contributed by atoms with van der Waals surface area (Å²) in [6.45, 7) is -0.478. The maximum absolute atomic E-state index is 15.2. The lowest BCUT2D eigenvalue weighted by Crippen LogP contribution is -2.20. The van der Waals surface area contributed by atoms with Crippen LogP contribution in [0.2, 0.25) is 0 Å². The van der Waals surface area contributed by atoms with E-state index in [2.05, 4.69) is 15.0 Å². The Bertz CT molecular complexity index is 2080. The average molecular weight is 554 g/mol. The van der Waals surface area contributed by atoms with Gasteiger partial charge in [-0.2, -0.15) is 4.98 Å². The molecule has 0 unspecified atom stereocenters. The van der Waals surface area contributed by atoms with Crippen molar-refractivity contribution in [3.63, 3.8) is 0 Å². The first kappa shape index (κ1) is 25.0. The van der Waals surface area contributed by atoms with Crippen LogP contribution in [0.4, 0.5) is 19.1 Å². The third kappa shape index (κ3) is 4.15. The fourth-order valence-electron chi connectivity index (χ4n) is 5.47. The first-order chi connectivity index (χ1) is 19.8. The van der Waals surface area contributed by atoms with Crippen LogP contribution in [-0.2, 0) is 6.61 Å². The molecule has 0 bridgehead atoms. The van der Waals surface area contributed by atoms with Crippen LogP contribution >= 0.6 is 0 Å². The van der Waals surface area contributed by atoms with Crippen molar-refractivity contribution in [2.75, 3.05) is 5.73 Å². The normalized spacial score (nSPS) is 13.4. The zero-order chi connectivity index (χ0) is 28.4. The molecule has 7 nitrogen and oxygen atoms in total. The van der Waals surface area contributed by atoms with Gasteiger partial charge in [-0.05, 0) is 66.1 Å². The van der Waals surface area contributed by atoms with Crippen LogP contribution in [-0.4, -0.2) is 24.6 Å². The van der Waals surface area contributed by atoms with Gasteiger partial charge in [-0.15, -0.1) is 0 Å². The summed E-state index contributed by atoms with van der Waals surface area (Å²) in [7, 11) is 0. The van der Waals surface area contributed by atoms with Crippen molar-refractivity contribution in [2.45, 2.75) is 25.4 Å². The van der Waals surface area contributed by atoms with Gasteiger partial charge in [-0.3, -0.25) is 9.36 Å². The van der Waals surface area contributed by atoms with E-state index in [9.17, 15) is 18.7 Å². The summed E-state index contributed by atoms with van der Waals surface area (Å²) in [5, 5.41) is 11.5. The molecule has 0 saturated heterocycles. The molecule has 1 aliphatic carbocycles. The van der Waals surface area contributed by atoms with Crippen LogP contribution in [0.1, 0.15) is 29.9 Å². The van der Waals surface area contributed by atoms with Crippen LogP contribution in [0, 0.1) is 17.5 Å². The van der Waals surface area contributed by atoms with E-state index in [1.54, 1.807) is 36.5 Å². The fraction of sp³-hybridized carbons (Fsp3) is 0.129. The van der Waals surface area contributed by atoms with Crippen molar-refractivity contribution in [2.24, 2.45) is 0 Å². The number of pyridine rings is 1. The van der Waals surface area contributed by atoms with Crippen LogP contribution in [0.5, 0.6) is 0 Å². The Labute approximate surface area is 230 Å². The molecule has 0 atom stereocenters. The molecule has 1 aliphatic rings.